The zero-order chi connectivity index (χ0) is 18.8. The van der Waals surface area contributed by atoms with Crippen LogP contribution in [0.3, 0.4) is 0 Å². The minimum atomic E-state index is -0.367. The second-order valence-corrected chi connectivity index (χ2v) is 5.35. The summed E-state index contributed by atoms with van der Waals surface area (Å²) in [6.45, 7) is 10.4. The Morgan fingerprint density at radius 2 is 1.68 bits per heavy atom. The first-order valence-electron chi connectivity index (χ1n) is 8.65. The Morgan fingerprint density at radius 1 is 1.08 bits per heavy atom. The maximum atomic E-state index is 12.3. The summed E-state index contributed by atoms with van der Waals surface area (Å²) in [6, 6.07) is 3.20. The summed E-state index contributed by atoms with van der Waals surface area (Å²) in [4.78, 5) is 27.7. The molecule has 138 valence electrons. The first kappa shape index (κ1) is 20.5. The number of esters is 1. The monoisotopic (exact) mass is 348 g/mol. The number of benzene rings is 1. The Morgan fingerprint density at radius 3 is 2.12 bits per heavy atom. The van der Waals surface area contributed by atoms with E-state index in [9.17, 15) is 9.59 Å². The van der Waals surface area contributed by atoms with E-state index < -0.39 is 0 Å². The van der Waals surface area contributed by atoms with E-state index in [1.807, 2.05) is 27.7 Å². The van der Waals surface area contributed by atoms with Gasteiger partial charge < -0.3 is 15.4 Å². The van der Waals surface area contributed by atoms with Gasteiger partial charge in [-0.25, -0.2) is 4.79 Å². The molecule has 0 radical (unpaired) electrons. The molecule has 7 heteroatoms. The quantitative estimate of drug-likeness (QED) is 0.319. The molecule has 3 N–H and O–H groups in total. The van der Waals surface area contributed by atoms with Crippen molar-refractivity contribution in [2.45, 2.75) is 47.5 Å². The molecule has 0 aliphatic carbocycles. The number of guanidine groups is 1. The minimum Gasteiger partial charge on any atom is -0.427 e. The van der Waals surface area contributed by atoms with E-state index in [1.54, 1.807) is 12.1 Å². The average molecular weight is 348 g/mol. The number of rotatable bonds is 6. The van der Waals surface area contributed by atoms with Crippen LogP contribution in [0.15, 0.2) is 17.1 Å². The summed E-state index contributed by atoms with van der Waals surface area (Å²) in [5.74, 6) is 0.566. The van der Waals surface area contributed by atoms with Gasteiger partial charge in [0.1, 0.15) is 5.75 Å². The predicted molar refractivity (Wildman–Crippen MR) is 100 cm³/mol. The van der Waals surface area contributed by atoms with Gasteiger partial charge in [0.15, 0.2) is 5.96 Å². The fourth-order valence-corrected chi connectivity index (χ4v) is 2.40. The molecule has 0 heterocycles. The Balaban J connectivity index is 3.04. The van der Waals surface area contributed by atoms with Crippen molar-refractivity contribution >= 4 is 23.6 Å². The topological polar surface area (TPSA) is 91.8 Å². The summed E-state index contributed by atoms with van der Waals surface area (Å²) in [5, 5.41) is 8.63. The lowest BCUT2D eigenvalue weighted by Crippen LogP contribution is -2.43. The third-order valence-electron chi connectivity index (χ3n) is 3.43. The maximum absolute atomic E-state index is 12.3. The molecule has 1 aromatic carbocycles. The number of hydrogen-bond acceptors (Lipinski definition) is 4. The molecule has 0 bridgehead atoms. The first-order valence-corrected chi connectivity index (χ1v) is 8.65. The van der Waals surface area contributed by atoms with Crippen LogP contribution in [0, 0.1) is 0 Å². The van der Waals surface area contributed by atoms with Crippen LogP contribution in [0.4, 0.5) is 10.5 Å². The largest absolute Gasteiger partial charge is 0.427 e. The fourth-order valence-electron chi connectivity index (χ4n) is 2.40. The van der Waals surface area contributed by atoms with Crippen molar-refractivity contribution in [3.05, 3.63) is 23.3 Å². The van der Waals surface area contributed by atoms with E-state index in [0.717, 1.165) is 16.8 Å². The van der Waals surface area contributed by atoms with Crippen molar-refractivity contribution in [1.29, 1.82) is 0 Å². The number of carbonyl (C=O) groups is 2. The van der Waals surface area contributed by atoms with Gasteiger partial charge in [0.25, 0.3) is 0 Å². The maximum Gasteiger partial charge on any atom is 0.326 e. The Bertz CT molecular complexity index is 616. The van der Waals surface area contributed by atoms with Gasteiger partial charge in [-0.1, -0.05) is 13.8 Å². The molecular formula is C18H28N4O3. The standard InChI is InChI=1S/C18H28N4O3/c1-6-13-10-15(25-12(5)23)11-14(7-2)16(13)21-18(24)22-17(19-8-3)20-9-4/h10-11H,6-9H2,1-5H3,(H3,19,20,21,22,24). The predicted octanol–water partition coefficient (Wildman–Crippen LogP) is 2.84. The van der Waals surface area contributed by atoms with Crippen molar-refractivity contribution in [3.8, 4) is 5.75 Å². The van der Waals surface area contributed by atoms with Crippen LogP contribution in [0.1, 0.15) is 45.7 Å². The molecule has 0 unspecified atom stereocenters. The van der Waals surface area contributed by atoms with Gasteiger partial charge in [-0.05, 0) is 49.9 Å². The van der Waals surface area contributed by atoms with Gasteiger partial charge in [-0.3, -0.25) is 15.1 Å². The SMILES string of the molecule is CCN=C(NCC)NC(=O)Nc1c(CC)cc(OC(C)=O)cc1CC. The van der Waals surface area contributed by atoms with E-state index in [4.69, 9.17) is 4.74 Å². The smallest absolute Gasteiger partial charge is 0.326 e. The molecule has 0 aliphatic heterocycles. The van der Waals surface area contributed by atoms with E-state index in [1.165, 1.54) is 6.92 Å². The lowest BCUT2D eigenvalue weighted by atomic mass is 10.0. The van der Waals surface area contributed by atoms with Crippen LogP contribution in [0.5, 0.6) is 5.75 Å². The van der Waals surface area contributed by atoms with Crippen LogP contribution < -0.4 is 20.7 Å². The highest BCUT2D eigenvalue weighted by Gasteiger charge is 2.14. The lowest BCUT2D eigenvalue weighted by Gasteiger charge is -2.17. The zero-order valence-electron chi connectivity index (χ0n) is 15.7. The summed E-state index contributed by atoms with van der Waals surface area (Å²) in [7, 11) is 0. The molecule has 0 saturated heterocycles. The van der Waals surface area contributed by atoms with Gasteiger partial charge in [0.2, 0.25) is 0 Å². The van der Waals surface area contributed by atoms with Gasteiger partial charge >= 0.3 is 12.0 Å². The summed E-state index contributed by atoms with van der Waals surface area (Å²) < 4.78 is 5.19. The van der Waals surface area contributed by atoms with Crippen LogP contribution in [0.2, 0.25) is 0 Å². The molecular weight excluding hydrogens is 320 g/mol. The number of nitrogens with one attached hydrogen (secondary N) is 3. The Labute approximate surface area is 149 Å². The molecule has 0 spiro atoms. The number of ether oxygens (including phenoxy) is 1. The molecule has 0 atom stereocenters. The summed E-state index contributed by atoms with van der Waals surface area (Å²) in [6.07, 6.45) is 1.39. The normalized spacial score (nSPS) is 11.0. The van der Waals surface area contributed by atoms with Gasteiger partial charge in [-0.2, -0.15) is 0 Å². The van der Waals surface area contributed by atoms with Crippen molar-refractivity contribution in [2.75, 3.05) is 18.4 Å². The molecule has 0 saturated carbocycles. The van der Waals surface area contributed by atoms with Crippen molar-refractivity contribution in [1.82, 2.24) is 10.6 Å². The number of hydrogen-bond donors (Lipinski definition) is 3. The molecule has 1 aromatic rings. The number of aryl methyl sites for hydroxylation is 2. The molecule has 0 fully saturated rings. The van der Waals surface area contributed by atoms with Crippen LogP contribution in [-0.2, 0) is 17.6 Å². The number of carbonyl (C=O) groups excluding carboxylic acids is 2. The zero-order valence-corrected chi connectivity index (χ0v) is 15.7. The first-order chi connectivity index (χ1) is 11.9. The van der Waals surface area contributed by atoms with Gasteiger partial charge in [-0.15, -0.1) is 0 Å². The third kappa shape index (κ3) is 6.45. The Kier molecular flexibility index (Phi) is 8.46. The number of anilines is 1. The van der Waals surface area contributed by atoms with Crippen LogP contribution >= 0.6 is 0 Å². The van der Waals surface area contributed by atoms with E-state index in [2.05, 4.69) is 20.9 Å². The van der Waals surface area contributed by atoms with Crippen LogP contribution in [-0.4, -0.2) is 31.0 Å². The van der Waals surface area contributed by atoms with Crippen molar-refractivity contribution < 1.29 is 14.3 Å². The molecule has 0 aromatic heterocycles. The van der Waals surface area contributed by atoms with Gasteiger partial charge in [0.05, 0.1) is 0 Å². The molecule has 2 amide bonds. The summed E-state index contributed by atoms with van der Waals surface area (Å²) >= 11 is 0. The summed E-state index contributed by atoms with van der Waals surface area (Å²) in [5.41, 5.74) is 2.55. The van der Waals surface area contributed by atoms with Crippen molar-refractivity contribution in [2.24, 2.45) is 4.99 Å². The minimum absolute atomic E-state index is 0.363. The van der Waals surface area contributed by atoms with Gasteiger partial charge in [0, 0.05) is 25.7 Å². The number of aliphatic imine (C=N–C) groups is 1. The fraction of sp³-hybridized carbons (Fsp3) is 0.500. The second kappa shape index (κ2) is 10.3. The number of urea groups is 1. The van der Waals surface area contributed by atoms with Crippen LogP contribution in [0.25, 0.3) is 0 Å². The van der Waals surface area contributed by atoms with E-state index in [0.29, 0.717) is 37.6 Å². The highest BCUT2D eigenvalue weighted by atomic mass is 16.5. The van der Waals surface area contributed by atoms with Crippen molar-refractivity contribution in [3.63, 3.8) is 0 Å². The third-order valence-corrected chi connectivity index (χ3v) is 3.43. The second-order valence-electron chi connectivity index (χ2n) is 5.35. The highest BCUT2D eigenvalue weighted by molar-refractivity contribution is 6.03. The molecule has 1 rings (SSSR count). The number of nitrogens with zero attached hydrogens (tertiary/aromatic N) is 1. The average Bonchev–Trinajstić information content (AvgIpc) is 2.55. The molecule has 0 aliphatic rings. The Hall–Kier alpha value is -2.57. The number of amides is 2. The van der Waals surface area contributed by atoms with E-state index in [-0.39, 0.29) is 12.0 Å². The molecule has 7 nitrogen and oxygen atoms in total. The highest BCUT2D eigenvalue weighted by Crippen LogP contribution is 2.28. The van der Waals surface area contributed by atoms with E-state index >= 15 is 0 Å². The molecule has 25 heavy (non-hydrogen) atoms. The lowest BCUT2D eigenvalue weighted by molar-refractivity contribution is -0.131.